The standard InChI is InChI=1S/C14H16N2O3S/c17-20(18)6-5-13(10-20)16-15-8-11-7-12-3-1-2-4-14(12)19-9-11/h1-4,7-8,13,16H,5-6,9-10H2/b15-8+. The summed E-state index contributed by atoms with van der Waals surface area (Å²) < 4.78 is 28.2. The van der Waals surface area contributed by atoms with Gasteiger partial charge < -0.3 is 10.2 Å². The summed E-state index contributed by atoms with van der Waals surface area (Å²) in [7, 11) is -2.87. The van der Waals surface area contributed by atoms with Gasteiger partial charge in [0.25, 0.3) is 0 Å². The molecule has 2 aliphatic rings. The van der Waals surface area contributed by atoms with Crippen molar-refractivity contribution >= 4 is 22.1 Å². The van der Waals surface area contributed by atoms with Crippen LogP contribution in [0, 0.1) is 0 Å². The Morgan fingerprint density at radius 3 is 3.00 bits per heavy atom. The highest BCUT2D eigenvalue weighted by Gasteiger charge is 2.27. The summed E-state index contributed by atoms with van der Waals surface area (Å²) in [6.45, 7) is 0.477. The number of para-hydroxylation sites is 1. The molecule has 6 heteroatoms. The van der Waals surface area contributed by atoms with Gasteiger partial charge in [0.15, 0.2) is 9.84 Å². The summed E-state index contributed by atoms with van der Waals surface area (Å²) in [5.74, 6) is 1.29. The normalized spacial score (nSPS) is 24.0. The van der Waals surface area contributed by atoms with E-state index in [1.54, 1.807) is 6.21 Å². The Labute approximate surface area is 118 Å². The highest BCUT2D eigenvalue weighted by Crippen LogP contribution is 2.24. The van der Waals surface area contributed by atoms with Crippen LogP contribution in [0.15, 0.2) is 34.9 Å². The van der Waals surface area contributed by atoms with E-state index in [0.717, 1.165) is 16.9 Å². The molecule has 20 heavy (non-hydrogen) atoms. The predicted molar refractivity (Wildman–Crippen MR) is 78.6 cm³/mol. The summed E-state index contributed by atoms with van der Waals surface area (Å²) in [6.07, 6.45) is 4.34. The highest BCUT2D eigenvalue weighted by atomic mass is 32.2. The Morgan fingerprint density at radius 2 is 2.20 bits per heavy atom. The Hall–Kier alpha value is -1.82. The minimum atomic E-state index is -2.87. The maximum Gasteiger partial charge on any atom is 0.152 e. The van der Waals surface area contributed by atoms with E-state index in [0.29, 0.717) is 13.0 Å². The SMILES string of the molecule is O=S1(=O)CCC(N/N=C/C2=Cc3ccccc3OC2)C1. The van der Waals surface area contributed by atoms with E-state index in [4.69, 9.17) is 4.74 Å². The number of rotatable bonds is 3. The summed E-state index contributed by atoms with van der Waals surface area (Å²) in [4.78, 5) is 0. The molecule has 0 saturated carbocycles. The zero-order valence-electron chi connectivity index (χ0n) is 11.0. The van der Waals surface area contributed by atoms with E-state index in [-0.39, 0.29) is 17.5 Å². The first-order valence-electron chi connectivity index (χ1n) is 6.54. The van der Waals surface area contributed by atoms with E-state index in [9.17, 15) is 8.42 Å². The lowest BCUT2D eigenvalue weighted by molar-refractivity contribution is 0.353. The Morgan fingerprint density at radius 1 is 1.35 bits per heavy atom. The van der Waals surface area contributed by atoms with Gasteiger partial charge in [-0.05, 0) is 18.6 Å². The Balaban J connectivity index is 1.62. The van der Waals surface area contributed by atoms with Crippen molar-refractivity contribution in [3.63, 3.8) is 0 Å². The number of nitrogens with one attached hydrogen (secondary N) is 1. The molecule has 1 saturated heterocycles. The molecule has 5 nitrogen and oxygen atoms in total. The van der Waals surface area contributed by atoms with Crippen LogP contribution >= 0.6 is 0 Å². The second-order valence-electron chi connectivity index (χ2n) is 5.03. The van der Waals surface area contributed by atoms with Crippen LogP contribution in [0.1, 0.15) is 12.0 Å². The summed E-state index contributed by atoms with van der Waals surface area (Å²) in [5.41, 5.74) is 4.89. The molecule has 1 N–H and O–H groups in total. The van der Waals surface area contributed by atoms with Crippen LogP contribution in [0.3, 0.4) is 0 Å². The summed E-state index contributed by atoms with van der Waals surface area (Å²) >= 11 is 0. The van der Waals surface area contributed by atoms with E-state index in [1.165, 1.54) is 0 Å². The summed E-state index contributed by atoms with van der Waals surface area (Å²) in [6, 6.07) is 7.74. The number of nitrogens with zero attached hydrogens (tertiary/aromatic N) is 1. The van der Waals surface area contributed by atoms with Gasteiger partial charge in [0.05, 0.1) is 23.8 Å². The molecule has 1 unspecified atom stereocenters. The molecule has 1 fully saturated rings. The van der Waals surface area contributed by atoms with Gasteiger partial charge in [0.2, 0.25) is 0 Å². The fourth-order valence-corrected chi connectivity index (χ4v) is 4.00. The monoisotopic (exact) mass is 292 g/mol. The van der Waals surface area contributed by atoms with Gasteiger partial charge in [-0.3, -0.25) is 0 Å². The predicted octanol–water partition coefficient (Wildman–Crippen LogP) is 1.22. The quantitative estimate of drug-likeness (QED) is 0.672. The maximum absolute atomic E-state index is 11.3. The third kappa shape index (κ3) is 3.01. The molecule has 0 spiro atoms. The number of ether oxygens (including phenoxy) is 1. The van der Waals surface area contributed by atoms with Gasteiger partial charge in [-0.25, -0.2) is 8.42 Å². The zero-order chi connectivity index (χ0) is 14.0. The highest BCUT2D eigenvalue weighted by molar-refractivity contribution is 7.91. The molecule has 1 aromatic rings. The first-order valence-corrected chi connectivity index (χ1v) is 8.36. The molecule has 2 heterocycles. The Kier molecular flexibility index (Phi) is 3.48. The van der Waals surface area contributed by atoms with Gasteiger partial charge in [0, 0.05) is 11.1 Å². The van der Waals surface area contributed by atoms with Crippen molar-refractivity contribution in [3.8, 4) is 5.75 Å². The van der Waals surface area contributed by atoms with Crippen molar-refractivity contribution in [3.05, 3.63) is 35.4 Å². The fourth-order valence-electron chi connectivity index (χ4n) is 2.33. The smallest absolute Gasteiger partial charge is 0.152 e. The molecule has 3 rings (SSSR count). The first-order chi connectivity index (χ1) is 9.62. The number of fused-ring (bicyclic) bond motifs is 1. The fraction of sp³-hybridized carbons (Fsp3) is 0.357. The molecular formula is C14H16N2O3S. The van der Waals surface area contributed by atoms with Crippen LogP contribution < -0.4 is 10.2 Å². The summed E-state index contributed by atoms with van der Waals surface area (Å²) in [5, 5.41) is 4.13. The zero-order valence-corrected chi connectivity index (χ0v) is 11.8. The number of hydrazone groups is 1. The van der Waals surface area contributed by atoms with Gasteiger partial charge in [-0.2, -0.15) is 5.10 Å². The van der Waals surface area contributed by atoms with Gasteiger partial charge in [-0.15, -0.1) is 0 Å². The van der Waals surface area contributed by atoms with Gasteiger partial charge in [-0.1, -0.05) is 18.2 Å². The van der Waals surface area contributed by atoms with Crippen LogP contribution in [-0.2, 0) is 9.84 Å². The van der Waals surface area contributed by atoms with Crippen molar-refractivity contribution in [1.29, 1.82) is 0 Å². The minimum absolute atomic E-state index is 0.0753. The van der Waals surface area contributed by atoms with E-state index in [1.807, 2.05) is 30.3 Å². The van der Waals surface area contributed by atoms with E-state index in [2.05, 4.69) is 10.5 Å². The molecule has 0 amide bonds. The lowest BCUT2D eigenvalue weighted by Gasteiger charge is -2.15. The molecule has 0 aliphatic carbocycles. The first kappa shape index (κ1) is 13.2. The maximum atomic E-state index is 11.3. The van der Waals surface area contributed by atoms with E-state index >= 15 is 0 Å². The lowest BCUT2D eigenvalue weighted by Crippen LogP contribution is -2.25. The van der Waals surface area contributed by atoms with Crippen LogP contribution in [0.4, 0.5) is 0 Å². The average Bonchev–Trinajstić information content (AvgIpc) is 2.78. The van der Waals surface area contributed by atoms with Crippen LogP contribution in [0.5, 0.6) is 5.75 Å². The average molecular weight is 292 g/mol. The topological polar surface area (TPSA) is 67.8 Å². The van der Waals surface area contributed by atoms with Crippen LogP contribution in [0.25, 0.3) is 6.08 Å². The molecule has 1 atom stereocenters. The van der Waals surface area contributed by atoms with Crippen molar-refractivity contribution < 1.29 is 13.2 Å². The van der Waals surface area contributed by atoms with Crippen LogP contribution in [0.2, 0.25) is 0 Å². The van der Waals surface area contributed by atoms with E-state index < -0.39 is 9.84 Å². The van der Waals surface area contributed by atoms with Crippen molar-refractivity contribution in [1.82, 2.24) is 5.43 Å². The van der Waals surface area contributed by atoms with Gasteiger partial charge in [0.1, 0.15) is 12.4 Å². The minimum Gasteiger partial charge on any atom is -0.488 e. The molecule has 0 radical (unpaired) electrons. The van der Waals surface area contributed by atoms with Crippen molar-refractivity contribution in [2.75, 3.05) is 18.1 Å². The molecule has 1 aromatic carbocycles. The third-order valence-corrected chi connectivity index (χ3v) is 5.14. The Bertz CT molecular complexity index is 665. The number of sulfone groups is 1. The van der Waals surface area contributed by atoms with Crippen molar-refractivity contribution in [2.24, 2.45) is 5.10 Å². The molecule has 0 bridgehead atoms. The number of hydrogen-bond donors (Lipinski definition) is 1. The van der Waals surface area contributed by atoms with Gasteiger partial charge >= 0.3 is 0 Å². The second-order valence-corrected chi connectivity index (χ2v) is 7.26. The molecular weight excluding hydrogens is 276 g/mol. The van der Waals surface area contributed by atoms with Crippen LogP contribution in [-0.4, -0.2) is 38.8 Å². The number of benzene rings is 1. The number of hydrogen-bond acceptors (Lipinski definition) is 5. The lowest BCUT2D eigenvalue weighted by atomic mass is 10.1. The molecule has 0 aromatic heterocycles. The largest absolute Gasteiger partial charge is 0.488 e. The third-order valence-electron chi connectivity index (χ3n) is 3.37. The molecule has 2 aliphatic heterocycles. The van der Waals surface area contributed by atoms with Crippen molar-refractivity contribution in [2.45, 2.75) is 12.5 Å². The second kappa shape index (κ2) is 5.28. The molecule has 106 valence electrons.